The summed E-state index contributed by atoms with van der Waals surface area (Å²) in [4.78, 5) is 2.44. The van der Waals surface area contributed by atoms with Crippen molar-refractivity contribution in [1.82, 2.24) is 19.7 Å². The van der Waals surface area contributed by atoms with E-state index in [4.69, 9.17) is 9.47 Å². The summed E-state index contributed by atoms with van der Waals surface area (Å²) < 4.78 is 13.6. The molecule has 0 N–H and O–H groups in total. The number of thioether (sulfide) groups is 1. The van der Waals surface area contributed by atoms with Crippen LogP contribution in [0.5, 0.6) is 5.75 Å². The Bertz CT molecular complexity index is 925. The summed E-state index contributed by atoms with van der Waals surface area (Å²) >= 11 is 1.76. The lowest BCUT2D eigenvalue weighted by atomic mass is 10.2. The second-order valence-electron chi connectivity index (χ2n) is 7.56. The van der Waals surface area contributed by atoms with E-state index in [1.807, 2.05) is 18.2 Å². The van der Waals surface area contributed by atoms with Crippen molar-refractivity contribution < 1.29 is 9.47 Å². The van der Waals surface area contributed by atoms with E-state index in [-0.39, 0.29) is 0 Å². The molecule has 1 fully saturated rings. The minimum Gasteiger partial charge on any atom is -0.486 e. The molecule has 1 aromatic heterocycles. The molecule has 6 nitrogen and oxygen atoms in total. The first-order valence-electron chi connectivity index (χ1n) is 10.9. The third kappa shape index (κ3) is 6.32. The molecule has 0 amide bonds. The Hall–Kier alpha value is -2.35. The molecule has 0 atom stereocenters. The molecule has 0 unspecified atom stereocenters. The van der Waals surface area contributed by atoms with Gasteiger partial charge in [0.15, 0.2) is 11.0 Å². The maximum absolute atomic E-state index is 6.03. The van der Waals surface area contributed by atoms with E-state index in [0.717, 1.165) is 68.3 Å². The number of ether oxygens (including phenoxy) is 2. The van der Waals surface area contributed by atoms with Gasteiger partial charge in [-0.05, 0) is 29.7 Å². The van der Waals surface area contributed by atoms with Gasteiger partial charge in [0.05, 0.1) is 19.8 Å². The standard InChI is InChI=1S/C24H30N4O2S/c1-2-20-8-10-22(11-9-20)30-19-23-25-26-24(28(23)18-21-6-4-3-5-7-21)31-17-14-27-12-15-29-16-13-27/h3-11H,2,12-19H2,1H3. The zero-order valence-corrected chi connectivity index (χ0v) is 18.9. The highest BCUT2D eigenvalue weighted by atomic mass is 32.2. The molecule has 1 saturated heterocycles. The number of benzene rings is 2. The molecule has 1 aliphatic rings. The quantitative estimate of drug-likeness (QED) is 0.448. The van der Waals surface area contributed by atoms with E-state index in [9.17, 15) is 0 Å². The van der Waals surface area contributed by atoms with Crippen LogP contribution in [0.1, 0.15) is 23.9 Å². The Morgan fingerprint density at radius 2 is 1.74 bits per heavy atom. The van der Waals surface area contributed by atoms with Crippen molar-refractivity contribution in [3.8, 4) is 5.75 Å². The minimum atomic E-state index is 0.398. The number of rotatable bonds is 10. The van der Waals surface area contributed by atoms with Gasteiger partial charge < -0.3 is 9.47 Å². The van der Waals surface area contributed by atoms with Crippen LogP contribution >= 0.6 is 11.8 Å². The van der Waals surface area contributed by atoms with E-state index >= 15 is 0 Å². The molecule has 4 rings (SSSR count). The van der Waals surface area contributed by atoms with Gasteiger partial charge in [-0.3, -0.25) is 9.47 Å². The van der Waals surface area contributed by atoms with Gasteiger partial charge in [0.1, 0.15) is 12.4 Å². The Kier molecular flexibility index (Phi) is 7.98. The molecule has 0 bridgehead atoms. The van der Waals surface area contributed by atoms with E-state index in [1.54, 1.807) is 11.8 Å². The summed E-state index contributed by atoms with van der Waals surface area (Å²) in [6.07, 6.45) is 1.02. The van der Waals surface area contributed by atoms with E-state index in [0.29, 0.717) is 6.61 Å². The lowest BCUT2D eigenvalue weighted by Gasteiger charge is -2.26. The number of aryl methyl sites for hydroxylation is 1. The molecule has 0 aliphatic carbocycles. The highest BCUT2D eigenvalue weighted by Gasteiger charge is 2.15. The number of hydrogen-bond donors (Lipinski definition) is 0. The summed E-state index contributed by atoms with van der Waals surface area (Å²) in [6.45, 7) is 7.99. The molecule has 1 aliphatic heterocycles. The molecule has 2 aromatic carbocycles. The third-order valence-corrected chi connectivity index (χ3v) is 6.37. The van der Waals surface area contributed by atoms with E-state index in [2.05, 4.69) is 63.0 Å². The normalized spacial score (nSPS) is 14.6. The number of aromatic nitrogens is 3. The van der Waals surface area contributed by atoms with Crippen molar-refractivity contribution in [3.05, 3.63) is 71.5 Å². The smallest absolute Gasteiger partial charge is 0.191 e. The SMILES string of the molecule is CCc1ccc(OCc2nnc(SCCN3CCOCC3)n2Cc2ccccc2)cc1. The molecule has 7 heteroatoms. The van der Waals surface area contributed by atoms with Gasteiger partial charge in [-0.1, -0.05) is 61.2 Å². The van der Waals surface area contributed by atoms with Crippen molar-refractivity contribution in [2.45, 2.75) is 31.7 Å². The largest absolute Gasteiger partial charge is 0.486 e. The second-order valence-corrected chi connectivity index (χ2v) is 8.62. The molecular formula is C24H30N4O2S. The fraction of sp³-hybridized carbons (Fsp3) is 0.417. The Morgan fingerprint density at radius 3 is 2.48 bits per heavy atom. The van der Waals surface area contributed by atoms with Crippen LogP contribution in [-0.4, -0.2) is 58.3 Å². The van der Waals surface area contributed by atoms with Gasteiger partial charge >= 0.3 is 0 Å². The third-order valence-electron chi connectivity index (χ3n) is 5.42. The maximum Gasteiger partial charge on any atom is 0.191 e. The Morgan fingerprint density at radius 1 is 0.968 bits per heavy atom. The summed E-state index contributed by atoms with van der Waals surface area (Å²) in [7, 11) is 0. The van der Waals surface area contributed by atoms with Crippen LogP contribution in [0.4, 0.5) is 0 Å². The molecular weight excluding hydrogens is 408 g/mol. The van der Waals surface area contributed by atoms with Crippen LogP contribution < -0.4 is 4.74 Å². The average molecular weight is 439 g/mol. The first kappa shape index (κ1) is 21.9. The molecule has 164 valence electrons. The van der Waals surface area contributed by atoms with Crippen LogP contribution in [0, 0.1) is 0 Å². The van der Waals surface area contributed by atoms with Crippen LogP contribution in [0.25, 0.3) is 0 Å². The van der Waals surface area contributed by atoms with Gasteiger partial charge in [0.25, 0.3) is 0 Å². The fourth-order valence-corrected chi connectivity index (χ4v) is 4.47. The van der Waals surface area contributed by atoms with Crippen molar-refractivity contribution in [3.63, 3.8) is 0 Å². The summed E-state index contributed by atoms with van der Waals surface area (Å²) in [6, 6.07) is 18.7. The van der Waals surface area contributed by atoms with E-state index in [1.165, 1.54) is 11.1 Å². The zero-order valence-electron chi connectivity index (χ0n) is 18.1. The van der Waals surface area contributed by atoms with E-state index < -0.39 is 0 Å². The summed E-state index contributed by atoms with van der Waals surface area (Å²) in [5, 5.41) is 9.89. The van der Waals surface area contributed by atoms with Gasteiger partial charge in [0.2, 0.25) is 0 Å². The van der Waals surface area contributed by atoms with Crippen LogP contribution in [0.3, 0.4) is 0 Å². The fourth-order valence-electron chi connectivity index (χ4n) is 3.52. The first-order valence-corrected chi connectivity index (χ1v) is 11.9. The lowest BCUT2D eigenvalue weighted by molar-refractivity contribution is 0.0410. The monoisotopic (exact) mass is 438 g/mol. The van der Waals surface area contributed by atoms with Crippen molar-refractivity contribution >= 4 is 11.8 Å². The number of hydrogen-bond acceptors (Lipinski definition) is 6. The molecule has 2 heterocycles. The predicted octanol–water partition coefficient (Wildman–Crippen LogP) is 3.89. The molecule has 0 saturated carbocycles. The molecule has 0 radical (unpaired) electrons. The van der Waals surface area contributed by atoms with Crippen LogP contribution in [-0.2, 0) is 24.3 Å². The predicted molar refractivity (Wildman–Crippen MR) is 124 cm³/mol. The van der Waals surface area contributed by atoms with Gasteiger partial charge in [0, 0.05) is 25.4 Å². The topological polar surface area (TPSA) is 52.4 Å². The van der Waals surface area contributed by atoms with Crippen LogP contribution in [0.2, 0.25) is 0 Å². The lowest BCUT2D eigenvalue weighted by Crippen LogP contribution is -2.37. The first-order chi connectivity index (χ1) is 15.3. The highest BCUT2D eigenvalue weighted by molar-refractivity contribution is 7.99. The van der Waals surface area contributed by atoms with Gasteiger partial charge in [-0.2, -0.15) is 0 Å². The molecule has 0 spiro atoms. The molecule has 31 heavy (non-hydrogen) atoms. The van der Waals surface area contributed by atoms with Crippen LogP contribution in [0.15, 0.2) is 59.8 Å². The number of morpholine rings is 1. The summed E-state index contributed by atoms with van der Waals surface area (Å²) in [5.74, 6) is 2.68. The second kappa shape index (κ2) is 11.3. The Labute approximate surface area is 188 Å². The van der Waals surface area contributed by atoms with Crippen molar-refractivity contribution in [2.75, 3.05) is 38.6 Å². The zero-order chi connectivity index (χ0) is 21.3. The highest BCUT2D eigenvalue weighted by Crippen LogP contribution is 2.21. The molecule has 3 aromatic rings. The van der Waals surface area contributed by atoms with Gasteiger partial charge in [-0.25, -0.2) is 0 Å². The average Bonchev–Trinajstić information content (AvgIpc) is 3.20. The Balaban J connectivity index is 1.43. The summed E-state index contributed by atoms with van der Waals surface area (Å²) in [5.41, 5.74) is 2.53. The van der Waals surface area contributed by atoms with Crippen molar-refractivity contribution in [2.24, 2.45) is 0 Å². The number of nitrogens with zero attached hydrogens (tertiary/aromatic N) is 4. The minimum absolute atomic E-state index is 0.398. The van der Waals surface area contributed by atoms with Gasteiger partial charge in [-0.15, -0.1) is 10.2 Å². The maximum atomic E-state index is 6.03. The van der Waals surface area contributed by atoms with Crippen molar-refractivity contribution in [1.29, 1.82) is 0 Å².